The van der Waals surface area contributed by atoms with Crippen molar-refractivity contribution >= 4 is 55.7 Å². The smallest absolute Gasteiger partial charge is 0.326 e. The molecule has 0 spiro atoms. The van der Waals surface area contributed by atoms with Crippen molar-refractivity contribution in [2.75, 3.05) is 6.61 Å². The molecular formula is C26H21N3O3S2. The summed E-state index contributed by atoms with van der Waals surface area (Å²) in [6, 6.07) is 19.3. The van der Waals surface area contributed by atoms with Gasteiger partial charge in [0.25, 0.3) is 5.91 Å². The number of nitrogens with zero attached hydrogens (tertiary/aromatic N) is 3. The maximum Gasteiger partial charge on any atom is 0.326 e. The highest BCUT2D eigenvalue weighted by Gasteiger charge is 2.16. The number of rotatable bonds is 5. The maximum absolute atomic E-state index is 13.5. The summed E-state index contributed by atoms with van der Waals surface area (Å²) in [6.45, 7) is 4.05. The molecule has 3 heterocycles. The summed E-state index contributed by atoms with van der Waals surface area (Å²) in [4.78, 5) is 36.5. The van der Waals surface area contributed by atoms with Gasteiger partial charge in [-0.2, -0.15) is 4.99 Å². The van der Waals surface area contributed by atoms with Gasteiger partial charge in [0.05, 0.1) is 38.5 Å². The lowest BCUT2D eigenvalue weighted by molar-refractivity contribution is -0.143. The van der Waals surface area contributed by atoms with Gasteiger partial charge >= 0.3 is 5.97 Å². The number of thiophene rings is 1. The number of amides is 1. The summed E-state index contributed by atoms with van der Waals surface area (Å²) >= 11 is 2.95. The van der Waals surface area contributed by atoms with Crippen LogP contribution in [0.25, 0.3) is 31.7 Å². The molecule has 0 aliphatic rings. The lowest BCUT2D eigenvalue weighted by Crippen LogP contribution is -2.23. The lowest BCUT2D eigenvalue weighted by Gasteiger charge is -2.07. The second-order valence-electron chi connectivity index (χ2n) is 7.71. The van der Waals surface area contributed by atoms with Crippen LogP contribution in [0.3, 0.4) is 0 Å². The monoisotopic (exact) mass is 487 g/mol. The van der Waals surface area contributed by atoms with Crippen molar-refractivity contribution in [1.82, 2.24) is 9.55 Å². The average molecular weight is 488 g/mol. The first-order valence-corrected chi connectivity index (χ1v) is 12.5. The maximum atomic E-state index is 13.5. The molecule has 0 bridgehead atoms. The largest absolute Gasteiger partial charge is 0.465 e. The standard InChI is InChI=1S/C26H21N3O3S2/c1-3-32-24(30)15-29-21-11-10-16(2)13-23(21)34-26(29)28-25(31)18-14-20(22-9-6-12-33-22)27-19-8-5-4-7-17(18)19/h4-14H,3,15H2,1-2H3. The third-order valence-corrected chi connectivity index (χ3v) is 7.28. The van der Waals surface area contributed by atoms with Gasteiger partial charge in [-0.1, -0.05) is 41.7 Å². The number of thiazole rings is 1. The molecule has 0 atom stereocenters. The van der Waals surface area contributed by atoms with Crippen LogP contribution in [-0.2, 0) is 16.1 Å². The highest BCUT2D eigenvalue weighted by Crippen LogP contribution is 2.28. The van der Waals surface area contributed by atoms with Gasteiger partial charge in [-0.3, -0.25) is 9.59 Å². The van der Waals surface area contributed by atoms with E-state index in [1.807, 2.05) is 66.9 Å². The van der Waals surface area contributed by atoms with E-state index in [9.17, 15) is 9.59 Å². The minimum Gasteiger partial charge on any atom is -0.465 e. The second kappa shape index (κ2) is 9.32. The third-order valence-electron chi connectivity index (χ3n) is 5.35. The van der Waals surface area contributed by atoms with E-state index in [0.29, 0.717) is 17.0 Å². The minimum atomic E-state index is -0.378. The van der Waals surface area contributed by atoms with Gasteiger partial charge in [-0.25, -0.2) is 4.98 Å². The zero-order chi connectivity index (χ0) is 23.7. The Kier molecular flexibility index (Phi) is 6.08. The SMILES string of the molecule is CCOC(=O)Cn1c(=NC(=O)c2cc(-c3cccs3)nc3ccccc23)sc2cc(C)ccc21. The molecule has 34 heavy (non-hydrogen) atoms. The molecule has 0 aliphatic heterocycles. The number of hydrogen-bond donors (Lipinski definition) is 0. The molecule has 0 N–H and O–H groups in total. The molecule has 0 radical (unpaired) electrons. The number of aromatic nitrogens is 2. The number of para-hydroxylation sites is 1. The molecule has 0 saturated heterocycles. The second-order valence-corrected chi connectivity index (χ2v) is 9.67. The highest BCUT2D eigenvalue weighted by atomic mass is 32.1. The van der Waals surface area contributed by atoms with E-state index in [1.54, 1.807) is 28.9 Å². The molecule has 8 heteroatoms. The Morgan fingerprint density at radius 1 is 1.09 bits per heavy atom. The van der Waals surface area contributed by atoms with Gasteiger partial charge in [0, 0.05) is 5.39 Å². The van der Waals surface area contributed by atoms with Gasteiger partial charge in [-0.15, -0.1) is 11.3 Å². The van der Waals surface area contributed by atoms with Crippen molar-refractivity contribution in [2.24, 2.45) is 4.99 Å². The van der Waals surface area contributed by atoms with Crippen LogP contribution < -0.4 is 4.80 Å². The van der Waals surface area contributed by atoms with Crippen molar-refractivity contribution in [1.29, 1.82) is 0 Å². The van der Waals surface area contributed by atoms with Gasteiger partial charge in [0.1, 0.15) is 6.54 Å². The molecule has 1 amide bonds. The fourth-order valence-electron chi connectivity index (χ4n) is 3.80. The molecule has 2 aromatic carbocycles. The van der Waals surface area contributed by atoms with E-state index in [0.717, 1.165) is 37.3 Å². The number of benzene rings is 2. The molecule has 5 aromatic rings. The van der Waals surface area contributed by atoms with Gasteiger partial charge < -0.3 is 9.30 Å². The van der Waals surface area contributed by atoms with Crippen molar-refractivity contribution in [3.63, 3.8) is 0 Å². The average Bonchev–Trinajstić information content (AvgIpc) is 3.47. The fourth-order valence-corrected chi connectivity index (χ4v) is 5.62. The van der Waals surface area contributed by atoms with E-state index < -0.39 is 0 Å². The van der Waals surface area contributed by atoms with Gasteiger partial charge in [0.15, 0.2) is 4.80 Å². The Balaban J connectivity index is 1.68. The number of pyridine rings is 1. The van der Waals surface area contributed by atoms with Gasteiger partial charge in [-0.05, 0) is 55.1 Å². The molecule has 0 unspecified atom stereocenters. The first-order chi connectivity index (χ1) is 16.5. The number of aryl methyl sites for hydroxylation is 1. The Morgan fingerprint density at radius 2 is 1.94 bits per heavy atom. The predicted molar refractivity (Wildman–Crippen MR) is 136 cm³/mol. The molecule has 0 aliphatic carbocycles. The molecule has 6 nitrogen and oxygen atoms in total. The Morgan fingerprint density at radius 3 is 2.74 bits per heavy atom. The summed E-state index contributed by atoms with van der Waals surface area (Å²) in [6.07, 6.45) is 0. The van der Waals surface area contributed by atoms with Crippen LogP contribution in [-0.4, -0.2) is 28.0 Å². The number of ether oxygens (including phenoxy) is 1. The molecule has 0 saturated carbocycles. The van der Waals surface area contributed by atoms with E-state index >= 15 is 0 Å². The number of carbonyl (C=O) groups is 2. The van der Waals surface area contributed by atoms with Crippen molar-refractivity contribution < 1.29 is 14.3 Å². The van der Waals surface area contributed by atoms with Crippen LogP contribution in [0.5, 0.6) is 0 Å². The normalized spacial score (nSPS) is 11.9. The molecule has 5 rings (SSSR count). The lowest BCUT2D eigenvalue weighted by atomic mass is 10.1. The minimum absolute atomic E-state index is 0.0133. The summed E-state index contributed by atoms with van der Waals surface area (Å²) in [5, 5.41) is 2.72. The number of hydrogen-bond acceptors (Lipinski definition) is 6. The summed E-state index contributed by atoms with van der Waals surface area (Å²) < 4.78 is 7.86. The zero-order valence-corrected chi connectivity index (χ0v) is 20.3. The van der Waals surface area contributed by atoms with Crippen LogP contribution in [0.15, 0.2) is 71.0 Å². The van der Waals surface area contributed by atoms with Crippen molar-refractivity contribution in [2.45, 2.75) is 20.4 Å². The van der Waals surface area contributed by atoms with Crippen LogP contribution in [0.2, 0.25) is 0 Å². The van der Waals surface area contributed by atoms with Crippen LogP contribution >= 0.6 is 22.7 Å². The molecule has 3 aromatic heterocycles. The van der Waals surface area contributed by atoms with E-state index in [1.165, 1.54) is 11.3 Å². The molecule has 170 valence electrons. The first-order valence-electron chi connectivity index (χ1n) is 10.8. The summed E-state index contributed by atoms with van der Waals surface area (Å²) in [5.74, 6) is -0.747. The zero-order valence-electron chi connectivity index (χ0n) is 18.6. The molecular weight excluding hydrogens is 466 g/mol. The fraction of sp³-hybridized carbons (Fsp3) is 0.154. The number of fused-ring (bicyclic) bond motifs is 2. The predicted octanol–water partition coefficient (Wildman–Crippen LogP) is 5.59. The third kappa shape index (κ3) is 4.30. The summed E-state index contributed by atoms with van der Waals surface area (Å²) in [7, 11) is 0. The number of carbonyl (C=O) groups excluding carboxylic acids is 2. The number of esters is 1. The molecule has 0 fully saturated rings. The van der Waals surface area contributed by atoms with Crippen LogP contribution in [0.4, 0.5) is 0 Å². The van der Waals surface area contributed by atoms with Crippen LogP contribution in [0.1, 0.15) is 22.8 Å². The van der Waals surface area contributed by atoms with Crippen molar-refractivity contribution in [3.8, 4) is 10.6 Å². The Hall–Kier alpha value is -3.62. The highest BCUT2D eigenvalue weighted by molar-refractivity contribution is 7.16. The van der Waals surface area contributed by atoms with E-state index in [4.69, 9.17) is 9.72 Å². The first kappa shape index (κ1) is 22.2. The Bertz CT molecular complexity index is 1600. The Labute approximate surface area is 203 Å². The van der Waals surface area contributed by atoms with E-state index in [2.05, 4.69) is 4.99 Å². The topological polar surface area (TPSA) is 73.6 Å². The quantitative estimate of drug-likeness (QED) is 0.303. The summed E-state index contributed by atoms with van der Waals surface area (Å²) in [5.41, 5.74) is 3.88. The van der Waals surface area contributed by atoms with Crippen LogP contribution in [0, 0.1) is 6.92 Å². The van der Waals surface area contributed by atoms with E-state index in [-0.39, 0.29) is 18.4 Å². The van der Waals surface area contributed by atoms with Gasteiger partial charge in [0.2, 0.25) is 0 Å². The van der Waals surface area contributed by atoms with Crippen molar-refractivity contribution in [3.05, 3.63) is 82.0 Å².